The quantitative estimate of drug-likeness (QED) is 0.904. The fourth-order valence-electron chi connectivity index (χ4n) is 1.78. The van der Waals surface area contributed by atoms with Crippen LogP contribution < -0.4 is 20.1 Å². The lowest BCUT2D eigenvalue weighted by atomic mass is 10.2. The number of nitrogens with one attached hydrogen (secondary N) is 2. The van der Waals surface area contributed by atoms with E-state index in [0.29, 0.717) is 5.69 Å². The molecule has 118 valence electrons. The second-order valence-electron chi connectivity index (χ2n) is 4.31. The first-order chi connectivity index (χ1) is 11.1. The van der Waals surface area contributed by atoms with Crippen LogP contribution in [0.4, 0.5) is 20.6 Å². The lowest BCUT2D eigenvalue weighted by Crippen LogP contribution is -2.20. The van der Waals surface area contributed by atoms with Crippen LogP contribution in [-0.4, -0.2) is 25.2 Å². The summed E-state index contributed by atoms with van der Waals surface area (Å²) in [5.41, 5.74) is 0.759. The predicted octanol–water partition coefficient (Wildman–Crippen LogP) is 2.75. The Labute approximate surface area is 131 Å². The zero-order chi connectivity index (χ0) is 16.8. The van der Waals surface area contributed by atoms with E-state index in [4.69, 9.17) is 14.7 Å². The summed E-state index contributed by atoms with van der Waals surface area (Å²) in [6, 6.07) is 6.66. The van der Waals surface area contributed by atoms with Gasteiger partial charge in [-0.2, -0.15) is 5.26 Å². The Balaban J connectivity index is 2.13. The molecule has 2 amide bonds. The molecule has 1 aromatic carbocycles. The van der Waals surface area contributed by atoms with Crippen molar-refractivity contribution in [1.82, 2.24) is 4.98 Å². The van der Waals surface area contributed by atoms with Crippen molar-refractivity contribution in [2.45, 2.75) is 0 Å². The molecule has 0 fully saturated rings. The van der Waals surface area contributed by atoms with Gasteiger partial charge in [0.15, 0.2) is 11.6 Å². The average molecular weight is 316 g/mol. The lowest BCUT2D eigenvalue weighted by Gasteiger charge is -2.13. The van der Waals surface area contributed by atoms with Gasteiger partial charge in [-0.3, -0.25) is 0 Å². The summed E-state index contributed by atoms with van der Waals surface area (Å²) < 4.78 is 23.7. The highest BCUT2D eigenvalue weighted by atomic mass is 19.1. The number of carbonyl (C=O) groups excluding carboxylic acids is 1. The molecular formula is C15H13FN4O3. The van der Waals surface area contributed by atoms with Crippen LogP contribution in [0.2, 0.25) is 0 Å². The lowest BCUT2D eigenvalue weighted by molar-refractivity contribution is 0.262. The first kappa shape index (κ1) is 16.0. The second-order valence-corrected chi connectivity index (χ2v) is 4.31. The molecule has 2 rings (SSSR count). The molecule has 2 aromatic rings. The molecule has 0 aliphatic carbocycles. The van der Waals surface area contributed by atoms with E-state index in [-0.39, 0.29) is 22.9 Å². The molecule has 1 aromatic heterocycles. The number of hydrogen-bond donors (Lipinski definition) is 2. The molecule has 2 N–H and O–H groups in total. The summed E-state index contributed by atoms with van der Waals surface area (Å²) in [6.07, 6.45) is 1.34. The van der Waals surface area contributed by atoms with Crippen molar-refractivity contribution in [3.05, 3.63) is 42.0 Å². The number of pyridine rings is 1. The Bertz CT molecular complexity index is 757. The van der Waals surface area contributed by atoms with E-state index >= 15 is 0 Å². The van der Waals surface area contributed by atoms with Gasteiger partial charge in [0.1, 0.15) is 17.5 Å². The molecule has 0 unspecified atom stereocenters. The molecule has 23 heavy (non-hydrogen) atoms. The molecule has 0 aliphatic heterocycles. The SMILES string of the molecule is COc1cc(OC)c(NC(=O)Nc2ccc(C#N)nc2)cc1F. The Hall–Kier alpha value is -3.34. The highest BCUT2D eigenvalue weighted by molar-refractivity contribution is 6.00. The normalized spacial score (nSPS) is 9.65. The summed E-state index contributed by atoms with van der Waals surface area (Å²) in [7, 11) is 2.72. The van der Waals surface area contributed by atoms with Gasteiger partial charge in [-0.25, -0.2) is 14.2 Å². The largest absolute Gasteiger partial charge is 0.494 e. The number of methoxy groups -OCH3 is 2. The number of urea groups is 1. The number of ether oxygens (including phenoxy) is 2. The van der Waals surface area contributed by atoms with Gasteiger partial charge in [0.05, 0.1) is 31.8 Å². The molecule has 0 saturated carbocycles. The van der Waals surface area contributed by atoms with Gasteiger partial charge in [-0.15, -0.1) is 0 Å². The number of nitrogens with zero attached hydrogens (tertiary/aromatic N) is 2. The monoisotopic (exact) mass is 316 g/mol. The molecule has 0 spiro atoms. The summed E-state index contributed by atoms with van der Waals surface area (Å²) in [6.45, 7) is 0. The molecule has 0 atom stereocenters. The van der Waals surface area contributed by atoms with E-state index in [2.05, 4.69) is 15.6 Å². The topological polar surface area (TPSA) is 96.3 Å². The number of carbonyl (C=O) groups is 1. The molecule has 0 aliphatic rings. The van der Waals surface area contributed by atoms with Crippen LogP contribution in [0, 0.1) is 17.1 Å². The molecular weight excluding hydrogens is 303 g/mol. The summed E-state index contributed by atoms with van der Waals surface area (Å²) in [5, 5.41) is 13.6. The molecule has 8 heteroatoms. The Morgan fingerprint density at radius 1 is 1.22 bits per heavy atom. The van der Waals surface area contributed by atoms with Crippen LogP contribution in [-0.2, 0) is 0 Å². The number of nitriles is 1. The number of anilines is 2. The van der Waals surface area contributed by atoms with Crippen molar-refractivity contribution in [1.29, 1.82) is 5.26 Å². The minimum atomic E-state index is -0.636. The molecule has 1 heterocycles. The van der Waals surface area contributed by atoms with Crippen LogP contribution in [0.1, 0.15) is 5.69 Å². The van der Waals surface area contributed by atoms with Crippen molar-refractivity contribution >= 4 is 17.4 Å². The smallest absolute Gasteiger partial charge is 0.323 e. The Morgan fingerprint density at radius 2 is 1.96 bits per heavy atom. The van der Waals surface area contributed by atoms with Gasteiger partial charge in [0.25, 0.3) is 0 Å². The van der Waals surface area contributed by atoms with Crippen LogP contribution in [0.15, 0.2) is 30.5 Å². The number of hydrogen-bond acceptors (Lipinski definition) is 5. The Kier molecular flexibility index (Phi) is 4.94. The highest BCUT2D eigenvalue weighted by Gasteiger charge is 2.13. The number of benzene rings is 1. The summed E-state index contributed by atoms with van der Waals surface area (Å²) in [4.78, 5) is 15.8. The summed E-state index contributed by atoms with van der Waals surface area (Å²) in [5.74, 6) is -0.385. The number of amides is 2. The van der Waals surface area contributed by atoms with Crippen molar-refractivity contribution < 1.29 is 18.7 Å². The van der Waals surface area contributed by atoms with E-state index in [0.717, 1.165) is 6.07 Å². The third-order valence-electron chi connectivity index (χ3n) is 2.86. The standard InChI is InChI=1S/C15H13FN4O3/c1-22-13-6-14(23-2)12(5-11(13)16)20-15(21)19-10-4-3-9(7-17)18-8-10/h3-6,8H,1-2H3,(H2,19,20,21). The van der Waals surface area contributed by atoms with E-state index in [9.17, 15) is 9.18 Å². The van der Waals surface area contributed by atoms with Crippen molar-refractivity contribution in [2.75, 3.05) is 24.9 Å². The van der Waals surface area contributed by atoms with Crippen molar-refractivity contribution in [3.63, 3.8) is 0 Å². The fourth-order valence-corrected chi connectivity index (χ4v) is 1.78. The van der Waals surface area contributed by atoms with Gasteiger partial charge in [-0.1, -0.05) is 0 Å². The molecule has 7 nitrogen and oxygen atoms in total. The fraction of sp³-hybridized carbons (Fsp3) is 0.133. The third-order valence-corrected chi connectivity index (χ3v) is 2.86. The minimum Gasteiger partial charge on any atom is -0.494 e. The van der Waals surface area contributed by atoms with Crippen molar-refractivity contribution in [3.8, 4) is 17.6 Å². The first-order valence-electron chi connectivity index (χ1n) is 6.43. The third kappa shape index (κ3) is 3.85. The maximum atomic E-state index is 13.7. The van der Waals surface area contributed by atoms with Crippen LogP contribution in [0.25, 0.3) is 0 Å². The highest BCUT2D eigenvalue weighted by Crippen LogP contribution is 2.31. The van der Waals surface area contributed by atoms with Gasteiger partial charge in [0.2, 0.25) is 0 Å². The summed E-state index contributed by atoms with van der Waals surface area (Å²) >= 11 is 0. The maximum Gasteiger partial charge on any atom is 0.323 e. The van der Waals surface area contributed by atoms with E-state index in [1.165, 1.54) is 38.6 Å². The van der Waals surface area contributed by atoms with Gasteiger partial charge >= 0.3 is 6.03 Å². The van der Waals surface area contributed by atoms with Gasteiger partial charge in [-0.05, 0) is 12.1 Å². The number of halogens is 1. The van der Waals surface area contributed by atoms with Crippen LogP contribution >= 0.6 is 0 Å². The van der Waals surface area contributed by atoms with Crippen molar-refractivity contribution in [2.24, 2.45) is 0 Å². The van der Waals surface area contributed by atoms with Crippen LogP contribution in [0.5, 0.6) is 11.5 Å². The maximum absolute atomic E-state index is 13.7. The molecule has 0 bridgehead atoms. The predicted molar refractivity (Wildman–Crippen MR) is 81.1 cm³/mol. The molecule has 0 radical (unpaired) electrons. The minimum absolute atomic E-state index is 0.00380. The van der Waals surface area contributed by atoms with Gasteiger partial charge in [0, 0.05) is 12.1 Å². The van der Waals surface area contributed by atoms with E-state index in [1.54, 1.807) is 0 Å². The zero-order valence-electron chi connectivity index (χ0n) is 12.4. The van der Waals surface area contributed by atoms with E-state index in [1.807, 2.05) is 6.07 Å². The second kappa shape index (κ2) is 7.09. The average Bonchev–Trinajstić information content (AvgIpc) is 2.55. The molecule has 0 saturated heterocycles. The number of rotatable bonds is 4. The zero-order valence-corrected chi connectivity index (χ0v) is 12.4. The van der Waals surface area contributed by atoms with Gasteiger partial charge < -0.3 is 20.1 Å². The first-order valence-corrected chi connectivity index (χ1v) is 6.43. The van der Waals surface area contributed by atoms with E-state index < -0.39 is 11.8 Å². The van der Waals surface area contributed by atoms with Crippen LogP contribution in [0.3, 0.4) is 0 Å². The Morgan fingerprint density at radius 3 is 2.52 bits per heavy atom. The number of aromatic nitrogens is 1.